The lowest BCUT2D eigenvalue weighted by atomic mass is 10.1. The quantitative estimate of drug-likeness (QED) is 0.626. The van der Waals surface area contributed by atoms with Crippen molar-refractivity contribution in [3.8, 4) is 5.75 Å². The molecule has 0 atom stereocenters. The van der Waals surface area contributed by atoms with Crippen LogP contribution < -0.4 is 4.74 Å². The van der Waals surface area contributed by atoms with Gasteiger partial charge >= 0.3 is 0 Å². The molecule has 1 rings (SSSR count). The smallest absolute Gasteiger partial charge is 0.178 e. The minimum absolute atomic E-state index is 0.0226. The van der Waals surface area contributed by atoms with E-state index >= 15 is 0 Å². The van der Waals surface area contributed by atoms with Gasteiger partial charge in [0.1, 0.15) is 5.75 Å². The van der Waals surface area contributed by atoms with Crippen LogP contribution in [0.5, 0.6) is 5.75 Å². The van der Waals surface area contributed by atoms with Gasteiger partial charge in [0.2, 0.25) is 0 Å². The number of aryl methyl sites for hydroxylation is 1. The van der Waals surface area contributed by atoms with E-state index in [1.807, 2.05) is 13.0 Å². The number of alkyl halides is 1. The Morgan fingerprint density at radius 2 is 2.21 bits per heavy atom. The Labute approximate surface area is 96.3 Å². The predicted octanol–water partition coefficient (Wildman–Crippen LogP) is 3.19. The first-order chi connectivity index (χ1) is 6.60. The van der Waals surface area contributed by atoms with Crippen LogP contribution in [0.25, 0.3) is 0 Å². The third kappa shape index (κ3) is 2.28. The summed E-state index contributed by atoms with van der Waals surface area (Å²) >= 11 is 8.85. The average molecular weight is 278 g/mol. The molecule has 0 radical (unpaired) electrons. The van der Waals surface area contributed by atoms with Crippen molar-refractivity contribution in [1.29, 1.82) is 0 Å². The van der Waals surface area contributed by atoms with Crippen molar-refractivity contribution in [1.82, 2.24) is 0 Å². The van der Waals surface area contributed by atoms with E-state index in [0.717, 1.165) is 10.0 Å². The molecule has 0 aromatic heterocycles. The Hall–Kier alpha value is -0.540. The number of halogens is 2. The fourth-order valence-corrected chi connectivity index (χ4v) is 1.72. The molecule has 2 nitrogen and oxygen atoms in total. The van der Waals surface area contributed by atoms with Gasteiger partial charge in [-0.05, 0) is 40.5 Å². The predicted molar refractivity (Wildman–Crippen MR) is 60.5 cm³/mol. The lowest BCUT2D eigenvalue weighted by molar-refractivity contribution is 0.102. The summed E-state index contributed by atoms with van der Waals surface area (Å²) in [6, 6.07) is 3.54. The number of ketones is 1. The third-order valence-corrected chi connectivity index (χ3v) is 3.18. The van der Waals surface area contributed by atoms with E-state index in [-0.39, 0.29) is 11.7 Å². The van der Waals surface area contributed by atoms with E-state index in [1.54, 1.807) is 13.2 Å². The number of hydrogen-bond donors (Lipinski definition) is 0. The van der Waals surface area contributed by atoms with Gasteiger partial charge in [0, 0.05) is 10.0 Å². The Bertz CT molecular complexity index is 363. The molecule has 14 heavy (non-hydrogen) atoms. The van der Waals surface area contributed by atoms with Gasteiger partial charge in [0.15, 0.2) is 5.78 Å². The van der Waals surface area contributed by atoms with Crippen LogP contribution in [0.3, 0.4) is 0 Å². The second-order valence-electron chi connectivity index (χ2n) is 2.86. The molecule has 0 unspecified atom stereocenters. The number of carbonyl (C=O) groups excluding carboxylic acids is 1. The molecule has 0 N–H and O–H groups in total. The van der Waals surface area contributed by atoms with Crippen molar-refractivity contribution in [2.75, 3.05) is 13.0 Å². The first-order valence-electron chi connectivity index (χ1n) is 4.03. The first kappa shape index (κ1) is 11.5. The van der Waals surface area contributed by atoms with Gasteiger partial charge in [-0.1, -0.05) is 0 Å². The number of ether oxygens (including phenoxy) is 1. The maximum absolute atomic E-state index is 11.4. The molecule has 0 aliphatic rings. The number of Topliss-reactive ketones (excluding diaryl/α,β-unsaturated/α-hetero) is 1. The van der Waals surface area contributed by atoms with Crippen LogP contribution in [-0.2, 0) is 0 Å². The first-order valence-corrected chi connectivity index (χ1v) is 5.36. The number of hydrogen-bond acceptors (Lipinski definition) is 2. The van der Waals surface area contributed by atoms with Crippen molar-refractivity contribution >= 4 is 33.3 Å². The highest BCUT2D eigenvalue weighted by Gasteiger charge is 2.12. The van der Waals surface area contributed by atoms with Crippen LogP contribution in [0.2, 0.25) is 0 Å². The van der Waals surface area contributed by atoms with Gasteiger partial charge in [0.05, 0.1) is 13.0 Å². The summed E-state index contributed by atoms with van der Waals surface area (Å²) < 4.78 is 5.85. The summed E-state index contributed by atoms with van der Waals surface area (Å²) in [4.78, 5) is 11.4. The van der Waals surface area contributed by atoms with Crippen molar-refractivity contribution in [2.24, 2.45) is 0 Å². The zero-order chi connectivity index (χ0) is 10.7. The Kier molecular flexibility index (Phi) is 3.96. The molecule has 0 bridgehead atoms. The molecular formula is C10H10BrClO2. The van der Waals surface area contributed by atoms with Crippen molar-refractivity contribution in [3.05, 3.63) is 27.7 Å². The molecular weight excluding hydrogens is 267 g/mol. The lowest BCUT2D eigenvalue weighted by Gasteiger charge is -2.08. The average Bonchev–Trinajstić information content (AvgIpc) is 2.20. The van der Waals surface area contributed by atoms with Crippen LogP contribution in [0, 0.1) is 6.92 Å². The van der Waals surface area contributed by atoms with E-state index in [4.69, 9.17) is 16.3 Å². The summed E-state index contributed by atoms with van der Waals surface area (Å²) in [5, 5.41) is 0. The molecule has 0 fully saturated rings. The van der Waals surface area contributed by atoms with Gasteiger partial charge in [0.25, 0.3) is 0 Å². The van der Waals surface area contributed by atoms with Crippen molar-refractivity contribution < 1.29 is 9.53 Å². The second-order valence-corrected chi connectivity index (χ2v) is 3.92. The highest BCUT2D eigenvalue weighted by Crippen LogP contribution is 2.27. The minimum atomic E-state index is -0.111. The van der Waals surface area contributed by atoms with E-state index in [9.17, 15) is 4.79 Å². The van der Waals surface area contributed by atoms with Crippen LogP contribution >= 0.6 is 27.5 Å². The van der Waals surface area contributed by atoms with Crippen molar-refractivity contribution in [3.63, 3.8) is 0 Å². The van der Waals surface area contributed by atoms with Gasteiger partial charge < -0.3 is 4.74 Å². The van der Waals surface area contributed by atoms with E-state index in [0.29, 0.717) is 11.3 Å². The molecule has 1 aromatic carbocycles. The Morgan fingerprint density at radius 1 is 1.57 bits per heavy atom. The summed E-state index contributed by atoms with van der Waals surface area (Å²) in [6.45, 7) is 1.90. The summed E-state index contributed by atoms with van der Waals surface area (Å²) in [7, 11) is 1.57. The minimum Gasteiger partial charge on any atom is -0.497 e. The fraction of sp³-hybridized carbons (Fsp3) is 0.300. The van der Waals surface area contributed by atoms with E-state index in [1.165, 1.54) is 0 Å². The number of methoxy groups -OCH3 is 1. The summed E-state index contributed by atoms with van der Waals surface area (Å²) in [5.41, 5.74) is 1.52. The van der Waals surface area contributed by atoms with E-state index in [2.05, 4.69) is 15.9 Å². The van der Waals surface area contributed by atoms with Crippen molar-refractivity contribution in [2.45, 2.75) is 6.92 Å². The number of rotatable bonds is 3. The summed E-state index contributed by atoms with van der Waals surface area (Å²) in [6.07, 6.45) is 0. The zero-order valence-electron chi connectivity index (χ0n) is 7.93. The van der Waals surface area contributed by atoms with Crippen LogP contribution in [0.15, 0.2) is 16.6 Å². The number of benzene rings is 1. The molecule has 0 spiro atoms. The molecule has 1 aromatic rings. The molecule has 0 aliphatic carbocycles. The molecule has 4 heteroatoms. The SMILES string of the molecule is COc1cc(C)c(Br)c(C(=O)CCl)c1. The largest absolute Gasteiger partial charge is 0.497 e. The highest BCUT2D eigenvalue weighted by molar-refractivity contribution is 9.10. The highest BCUT2D eigenvalue weighted by atomic mass is 79.9. The van der Waals surface area contributed by atoms with Gasteiger partial charge in [-0.15, -0.1) is 11.6 Å². The molecule has 0 amide bonds. The molecule has 0 heterocycles. The fourth-order valence-electron chi connectivity index (χ4n) is 1.13. The third-order valence-electron chi connectivity index (χ3n) is 1.89. The van der Waals surface area contributed by atoms with Gasteiger partial charge in [-0.2, -0.15) is 0 Å². The molecule has 76 valence electrons. The molecule has 0 aliphatic heterocycles. The number of carbonyl (C=O) groups is 1. The monoisotopic (exact) mass is 276 g/mol. The van der Waals surface area contributed by atoms with E-state index < -0.39 is 0 Å². The maximum Gasteiger partial charge on any atom is 0.178 e. The van der Waals surface area contributed by atoms with Crippen LogP contribution in [0.1, 0.15) is 15.9 Å². The second kappa shape index (κ2) is 4.80. The van der Waals surface area contributed by atoms with Gasteiger partial charge in [-0.3, -0.25) is 4.79 Å². The summed E-state index contributed by atoms with van der Waals surface area (Å²) in [5.74, 6) is 0.533. The van der Waals surface area contributed by atoms with Gasteiger partial charge in [-0.25, -0.2) is 0 Å². The zero-order valence-corrected chi connectivity index (χ0v) is 10.3. The standard InChI is InChI=1S/C10H10BrClO2/c1-6-3-7(14-2)4-8(10(6)11)9(13)5-12/h3-4H,5H2,1-2H3. The normalized spacial score (nSPS) is 10.0. The molecule has 0 saturated carbocycles. The lowest BCUT2D eigenvalue weighted by Crippen LogP contribution is -2.03. The van der Waals surface area contributed by atoms with Crippen LogP contribution in [-0.4, -0.2) is 18.8 Å². The van der Waals surface area contributed by atoms with Crippen LogP contribution in [0.4, 0.5) is 0 Å². The molecule has 0 saturated heterocycles. The Morgan fingerprint density at radius 3 is 2.71 bits per heavy atom. The topological polar surface area (TPSA) is 26.3 Å². The maximum atomic E-state index is 11.4. The Balaban J connectivity index is 3.27.